The van der Waals surface area contributed by atoms with Gasteiger partial charge in [-0.15, -0.1) is 0 Å². The number of carbonyl (C=O) groups is 1. The van der Waals surface area contributed by atoms with Crippen LogP contribution < -0.4 is 5.73 Å². The van der Waals surface area contributed by atoms with Gasteiger partial charge in [-0.1, -0.05) is 0 Å². The molecule has 0 atom stereocenters. The van der Waals surface area contributed by atoms with E-state index in [-0.39, 0.29) is 5.91 Å². The van der Waals surface area contributed by atoms with Crippen molar-refractivity contribution in [2.24, 2.45) is 0 Å². The molecule has 19 heavy (non-hydrogen) atoms. The molecule has 1 amide bonds. The van der Waals surface area contributed by atoms with Gasteiger partial charge in [-0.2, -0.15) is 5.10 Å². The van der Waals surface area contributed by atoms with E-state index >= 15 is 0 Å². The average molecular weight is 265 g/mol. The Labute approximate surface area is 114 Å². The monoisotopic (exact) mass is 265 g/mol. The van der Waals surface area contributed by atoms with Crippen LogP contribution in [0.1, 0.15) is 29.5 Å². The van der Waals surface area contributed by atoms with Crippen molar-refractivity contribution in [1.29, 1.82) is 0 Å². The average Bonchev–Trinajstić information content (AvgIpc) is 2.55. The number of rotatable bonds is 2. The summed E-state index contributed by atoms with van der Waals surface area (Å²) in [7, 11) is 2.09. The van der Waals surface area contributed by atoms with E-state index < -0.39 is 0 Å². The van der Waals surface area contributed by atoms with Crippen molar-refractivity contribution in [3.05, 3.63) is 11.4 Å². The van der Waals surface area contributed by atoms with Gasteiger partial charge < -0.3 is 15.5 Å². The lowest BCUT2D eigenvalue weighted by Crippen LogP contribution is -2.36. The van der Waals surface area contributed by atoms with Crippen molar-refractivity contribution in [3.63, 3.8) is 0 Å². The van der Waals surface area contributed by atoms with E-state index in [1.165, 1.54) is 0 Å². The number of carbonyl (C=O) groups excluding carboxylic acids is 1. The van der Waals surface area contributed by atoms with E-state index in [2.05, 4.69) is 17.0 Å². The van der Waals surface area contributed by atoms with Gasteiger partial charge in [0.2, 0.25) is 0 Å². The molecule has 1 aromatic heterocycles. The number of likely N-dealkylation sites (N-methyl/N-ethyl adjacent to an activating group) is 1. The maximum absolute atomic E-state index is 12.6. The fraction of sp³-hybridized carbons (Fsp3) is 0.692. The molecule has 0 saturated carbocycles. The summed E-state index contributed by atoms with van der Waals surface area (Å²) in [6.07, 6.45) is 1.00. The lowest BCUT2D eigenvalue weighted by molar-refractivity contribution is 0.0751. The lowest BCUT2D eigenvalue weighted by Gasteiger charge is -2.21. The smallest absolute Gasteiger partial charge is 0.274 e. The zero-order valence-corrected chi connectivity index (χ0v) is 12.0. The van der Waals surface area contributed by atoms with Gasteiger partial charge in [0.05, 0.1) is 11.4 Å². The maximum atomic E-state index is 12.6. The predicted octanol–water partition coefficient (Wildman–Crippen LogP) is 0.571. The molecule has 1 aromatic rings. The summed E-state index contributed by atoms with van der Waals surface area (Å²) in [5, 5.41) is 4.32. The van der Waals surface area contributed by atoms with Crippen molar-refractivity contribution >= 4 is 11.6 Å². The number of aromatic nitrogens is 2. The Morgan fingerprint density at radius 3 is 2.74 bits per heavy atom. The number of nitrogens with zero attached hydrogens (tertiary/aromatic N) is 4. The van der Waals surface area contributed by atoms with Crippen LogP contribution in [0.4, 0.5) is 5.69 Å². The van der Waals surface area contributed by atoms with Crippen molar-refractivity contribution < 1.29 is 4.79 Å². The van der Waals surface area contributed by atoms with Crippen LogP contribution in [-0.2, 0) is 6.54 Å². The fourth-order valence-corrected chi connectivity index (χ4v) is 2.45. The number of hydrogen-bond donors (Lipinski definition) is 1. The Balaban J connectivity index is 2.23. The first kappa shape index (κ1) is 13.9. The normalized spacial score (nSPS) is 17.5. The minimum absolute atomic E-state index is 0.00949. The van der Waals surface area contributed by atoms with Crippen LogP contribution in [0.25, 0.3) is 0 Å². The molecule has 0 aliphatic carbocycles. The second kappa shape index (κ2) is 5.61. The van der Waals surface area contributed by atoms with Gasteiger partial charge in [-0.3, -0.25) is 9.48 Å². The third kappa shape index (κ3) is 2.73. The Hall–Kier alpha value is -1.56. The molecule has 0 bridgehead atoms. The first-order valence-electron chi connectivity index (χ1n) is 6.85. The fourth-order valence-electron chi connectivity index (χ4n) is 2.45. The molecule has 106 valence electrons. The largest absolute Gasteiger partial charge is 0.395 e. The number of nitrogen functional groups attached to an aromatic ring is 1. The summed E-state index contributed by atoms with van der Waals surface area (Å²) in [5.41, 5.74) is 7.81. The second-order valence-electron chi connectivity index (χ2n) is 5.11. The number of hydrogen-bond acceptors (Lipinski definition) is 4. The van der Waals surface area contributed by atoms with E-state index in [9.17, 15) is 4.79 Å². The first-order chi connectivity index (χ1) is 9.04. The third-order valence-electron chi connectivity index (χ3n) is 3.68. The van der Waals surface area contributed by atoms with Crippen LogP contribution in [0, 0.1) is 6.92 Å². The van der Waals surface area contributed by atoms with Crippen LogP contribution >= 0.6 is 0 Å². The van der Waals surface area contributed by atoms with Crippen LogP contribution in [0.2, 0.25) is 0 Å². The first-order valence-corrected chi connectivity index (χ1v) is 6.85. The molecular formula is C13H23N5O. The number of nitrogens with two attached hydrogens (primary N) is 1. The molecule has 2 N–H and O–H groups in total. The summed E-state index contributed by atoms with van der Waals surface area (Å²) in [6.45, 7) is 7.95. The van der Waals surface area contributed by atoms with Crippen LogP contribution in [-0.4, -0.2) is 58.7 Å². The highest BCUT2D eigenvalue weighted by Gasteiger charge is 2.25. The summed E-state index contributed by atoms with van der Waals surface area (Å²) < 4.78 is 1.71. The Morgan fingerprint density at radius 1 is 1.32 bits per heavy atom. The Morgan fingerprint density at radius 2 is 2.05 bits per heavy atom. The summed E-state index contributed by atoms with van der Waals surface area (Å²) in [4.78, 5) is 16.8. The zero-order valence-electron chi connectivity index (χ0n) is 12.0. The highest BCUT2D eigenvalue weighted by atomic mass is 16.2. The SMILES string of the molecule is CCn1nc(C)c(N)c1C(=O)N1CCCN(C)CC1. The third-order valence-corrected chi connectivity index (χ3v) is 3.68. The predicted molar refractivity (Wildman–Crippen MR) is 75.1 cm³/mol. The molecule has 0 aromatic carbocycles. The molecule has 1 saturated heterocycles. The van der Waals surface area contributed by atoms with Gasteiger partial charge in [0, 0.05) is 26.2 Å². The minimum atomic E-state index is 0.00949. The molecule has 6 nitrogen and oxygen atoms in total. The Bertz CT molecular complexity index is 468. The van der Waals surface area contributed by atoms with Gasteiger partial charge >= 0.3 is 0 Å². The van der Waals surface area contributed by atoms with E-state index in [0.717, 1.165) is 38.3 Å². The minimum Gasteiger partial charge on any atom is -0.395 e. The molecule has 0 spiro atoms. The maximum Gasteiger partial charge on any atom is 0.274 e. The van der Waals surface area contributed by atoms with Crippen LogP contribution in [0.15, 0.2) is 0 Å². The van der Waals surface area contributed by atoms with Crippen LogP contribution in [0.3, 0.4) is 0 Å². The van der Waals surface area contributed by atoms with E-state index in [1.54, 1.807) is 4.68 Å². The molecular weight excluding hydrogens is 242 g/mol. The van der Waals surface area contributed by atoms with Gasteiger partial charge in [-0.05, 0) is 33.9 Å². The second-order valence-corrected chi connectivity index (χ2v) is 5.11. The Kier molecular flexibility index (Phi) is 4.09. The zero-order chi connectivity index (χ0) is 14.0. The van der Waals surface area contributed by atoms with E-state index in [0.29, 0.717) is 17.9 Å². The molecule has 2 heterocycles. The topological polar surface area (TPSA) is 67.4 Å². The number of amides is 1. The highest BCUT2D eigenvalue weighted by molar-refractivity contribution is 5.98. The van der Waals surface area contributed by atoms with E-state index in [1.807, 2.05) is 18.7 Å². The van der Waals surface area contributed by atoms with Gasteiger partial charge in [-0.25, -0.2) is 0 Å². The van der Waals surface area contributed by atoms with E-state index in [4.69, 9.17) is 5.73 Å². The standard InChI is InChI=1S/C13H23N5O/c1-4-18-12(11(14)10(2)15-18)13(19)17-7-5-6-16(3)8-9-17/h4-9,14H2,1-3H3. The summed E-state index contributed by atoms with van der Waals surface area (Å²) in [6, 6.07) is 0. The van der Waals surface area contributed by atoms with Gasteiger partial charge in [0.25, 0.3) is 5.91 Å². The summed E-state index contributed by atoms with van der Waals surface area (Å²) in [5.74, 6) is 0.00949. The van der Waals surface area contributed by atoms with Gasteiger partial charge in [0.1, 0.15) is 5.69 Å². The van der Waals surface area contributed by atoms with Crippen molar-refractivity contribution in [2.75, 3.05) is 39.0 Å². The quantitative estimate of drug-likeness (QED) is 0.849. The van der Waals surface area contributed by atoms with Crippen LogP contribution in [0.5, 0.6) is 0 Å². The molecule has 1 aliphatic rings. The molecule has 2 rings (SSSR count). The molecule has 1 fully saturated rings. The summed E-state index contributed by atoms with van der Waals surface area (Å²) >= 11 is 0. The lowest BCUT2D eigenvalue weighted by atomic mass is 10.2. The molecule has 6 heteroatoms. The van der Waals surface area contributed by atoms with Crippen molar-refractivity contribution in [3.8, 4) is 0 Å². The van der Waals surface area contributed by atoms with Crippen molar-refractivity contribution in [1.82, 2.24) is 19.6 Å². The highest BCUT2D eigenvalue weighted by Crippen LogP contribution is 2.19. The molecule has 1 aliphatic heterocycles. The molecule has 0 radical (unpaired) electrons. The number of anilines is 1. The molecule has 0 unspecified atom stereocenters. The number of aryl methyl sites for hydroxylation is 2. The van der Waals surface area contributed by atoms with Gasteiger partial charge in [0.15, 0.2) is 0 Å². The van der Waals surface area contributed by atoms with Crippen molar-refractivity contribution in [2.45, 2.75) is 26.8 Å².